The Bertz CT molecular complexity index is 354. The molecule has 1 fully saturated rings. The summed E-state index contributed by atoms with van der Waals surface area (Å²) in [6.45, 7) is 2.19. The van der Waals surface area contributed by atoms with Gasteiger partial charge in [-0.15, -0.1) is 0 Å². The highest BCUT2D eigenvalue weighted by molar-refractivity contribution is 5.49. The smallest absolute Gasteiger partial charge is 0.132 e. The lowest BCUT2D eigenvalue weighted by molar-refractivity contribution is 0.266. The molecular formula is C11H18N4O. The first-order chi connectivity index (χ1) is 7.71. The van der Waals surface area contributed by atoms with E-state index in [1.807, 2.05) is 20.0 Å². The molecule has 0 atom stereocenters. The van der Waals surface area contributed by atoms with Gasteiger partial charge in [0.2, 0.25) is 0 Å². The molecule has 0 bridgehead atoms. The number of hydrogen-bond acceptors (Lipinski definition) is 5. The summed E-state index contributed by atoms with van der Waals surface area (Å²) in [4.78, 5) is 8.72. The van der Waals surface area contributed by atoms with Crippen LogP contribution >= 0.6 is 0 Å². The number of nitrogens with zero attached hydrogens (tertiary/aromatic N) is 2. The number of aryl methyl sites for hydroxylation is 1. The minimum Gasteiger partial charge on any atom is -0.394 e. The Balaban J connectivity index is 2.19. The van der Waals surface area contributed by atoms with Crippen molar-refractivity contribution >= 4 is 11.6 Å². The van der Waals surface area contributed by atoms with Crippen LogP contribution in [-0.2, 0) is 6.42 Å². The molecule has 0 unspecified atom stereocenters. The molecule has 0 aliphatic heterocycles. The Hall–Kier alpha value is -1.36. The normalized spacial score (nSPS) is 16.9. The molecule has 0 amide bonds. The van der Waals surface area contributed by atoms with Crippen molar-refractivity contribution in [2.45, 2.75) is 31.7 Å². The number of nitrogens with one attached hydrogen (secondary N) is 2. The number of aliphatic hydroxyl groups excluding tert-OH is 1. The van der Waals surface area contributed by atoms with Crippen LogP contribution in [0.1, 0.15) is 25.6 Å². The van der Waals surface area contributed by atoms with Crippen molar-refractivity contribution in [3.8, 4) is 0 Å². The molecule has 1 aromatic heterocycles. The topological polar surface area (TPSA) is 70.1 Å². The minimum atomic E-state index is -0.135. The van der Waals surface area contributed by atoms with E-state index in [1.54, 1.807) is 0 Å². The Kier molecular flexibility index (Phi) is 2.96. The number of rotatable bonds is 5. The van der Waals surface area contributed by atoms with Crippen molar-refractivity contribution in [1.29, 1.82) is 0 Å². The van der Waals surface area contributed by atoms with E-state index in [0.717, 1.165) is 36.7 Å². The quantitative estimate of drug-likeness (QED) is 0.694. The molecule has 88 valence electrons. The van der Waals surface area contributed by atoms with Gasteiger partial charge in [0.25, 0.3) is 0 Å². The van der Waals surface area contributed by atoms with Crippen LogP contribution in [0.25, 0.3) is 0 Å². The third-order valence-electron chi connectivity index (χ3n) is 2.89. The standard InChI is InChI=1S/C11H18N4O/c1-3-8-13-9(12-2)6-10(14-8)15-11(7-16)4-5-11/h6,16H,3-5,7H2,1-2H3,(H2,12,13,14,15). The minimum absolute atomic E-state index is 0.135. The fourth-order valence-electron chi connectivity index (χ4n) is 1.59. The van der Waals surface area contributed by atoms with Gasteiger partial charge < -0.3 is 15.7 Å². The summed E-state index contributed by atoms with van der Waals surface area (Å²) in [7, 11) is 1.84. The largest absolute Gasteiger partial charge is 0.394 e. The number of hydrogen-bond donors (Lipinski definition) is 3. The maximum absolute atomic E-state index is 9.25. The van der Waals surface area contributed by atoms with Crippen molar-refractivity contribution < 1.29 is 5.11 Å². The van der Waals surface area contributed by atoms with Crippen molar-refractivity contribution in [3.05, 3.63) is 11.9 Å². The molecule has 0 spiro atoms. The molecule has 3 N–H and O–H groups in total. The van der Waals surface area contributed by atoms with E-state index in [9.17, 15) is 5.11 Å². The van der Waals surface area contributed by atoms with Crippen LogP contribution in [0, 0.1) is 0 Å². The monoisotopic (exact) mass is 222 g/mol. The van der Waals surface area contributed by atoms with E-state index in [-0.39, 0.29) is 12.1 Å². The first-order valence-electron chi connectivity index (χ1n) is 5.66. The SMILES string of the molecule is CCc1nc(NC)cc(NC2(CO)CC2)n1. The lowest BCUT2D eigenvalue weighted by Crippen LogP contribution is -2.26. The van der Waals surface area contributed by atoms with Gasteiger partial charge >= 0.3 is 0 Å². The summed E-state index contributed by atoms with van der Waals surface area (Å²) in [5, 5.41) is 15.5. The lowest BCUT2D eigenvalue weighted by Gasteiger charge is -2.16. The van der Waals surface area contributed by atoms with E-state index in [4.69, 9.17) is 0 Å². The van der Waals surface area contributed by atoms with Crippen LogP contribution in [0.3, 0.4) is 0 Å². The third-order valence-corrected chi connectivity index (χ3v) is 2.89. The first-order valence-corrected chi connectivity index (χ1v) is 5.66. The molecule has 1 heterocycles. The zero-order chi connectivity index (χ0) is 11.6. The van der Waals surface area contributed by atoms with E-state index < -0.39 is 0 Å². The van der Waals surface area contributed by atoms with Gasteiger partial charge in [0, 0.05) is 19.5 Å². The molecule has 16 heavy (non-hydrogen) atoms. The molecule has 5 heteroatoms. The summed E-state index contributed by atoms with van der Waals surface area (Å²) in [5.74, 6) is 2.41. The number of anilines is 2. The second-order valence-corrected chi connectivity index (χ2v) is 4.22. The first kappa shape index (κ1) is 11.1. The van der Waals surface area contributed by atoms with Gasteiger partial charge in [-0.05, 0) is 12.8 Å². The predicted octanol–water partition coefficient (Wildman–Crippen LogP) is 1.02. The highest BCUT2D eigenvalue weighted by atomic mass is 16.3. The Morgan fingerprint density at radius 1 is 1.38 bits per heavy atom. The average Bonchev–Trinajstić information content (AvgIpc) is 3.09. The second kappa shape index (κ2) is 4.25. The van der Waals surface area contributed by atoms with Gasteiger partial charge in [-0.1, -0.05) is 6.92 Å². The molecule has 0 radical (unpaired) electrons. The molecule has 1 aliphatic rings. The van der Waals surface area contributed by atoms with Gasteiger partial charge in [0.1, 0.15) is 17.5 Å². The van der Waals surface area contributed by atoms with Crippen LogP contribution in [0.2, 0.25) is 0 Å². The summed E-state index contributed by atoms with van der Waals surface area (Å²) >= 11 is 0. The summed E-state index contributed by atoms with van der Waals surface area (Å²) < 4.78 is 0. The van der Waals surface area contributed by atoms with Crippen LogP contribution in [0.4, 0.5) is 11.6 Å². The van der Waals surface area contributed by atoms with E-state index in [0.29, 0.717) is 0 Å². The fraction of sp³-hybridized carbons (Fsp3) is 0.636. The predicted molar refractivity (Wildman–Crippen MR) is 63.6 cm³/mol. The second-order valence-electron chi connectivity index (χ2n) is 4.22. The Morgan fingerprint density at radius 2 is 2.06 bits per heavy atom. The zero-order valence-corrected chi connectivity index (χ0v) is 9.75. The van der Waals surface area contributed by atoms with Crippen molar-refractivity contribution in [1.82, 2.24) is 9.97 Å². The van der Waals surface area contributed by atoms with Crippen molar-refractivity contribution in [2.24, 2.45) is 0 Å². The van der Waals surface area contributed by atoms with Crippen LogP contribution < -0.4 is 10.6 Å². The van der Waals surface area contributed by atoms with Gasteiger partial charge in [-0.25, -0.2) is 9.97 Å². The highest BCUT2D eigenvalue weighted by Gasteiger charge is 2.42. The maximum Gasteiger partial charge on any atom is 0.132 e. The summed E-state index contributed by atoms with van der Waals surface area (Å²) in [6.07, 6.45) is 2.81. The molecule has 1 aliphatic carbocycles. The van der Waals surface area contributed by atoms with Gasteiger partial charge in [0.15, 0.2) is 0 Å². The van der Waals surface area contributed by atoms with Crippen molar-refractivity contribution in [2.75, 3.05) is 24.3 Å². The summed E-state index contributed by atoms with van der Waals surface area (Å²) in [6, 6.07) is 1.87. The highest BCUT2D eigenvalue weighted by Crippen LogP contribution is 2.38. The van der Waals surface area contributed by atoms with Crippen LogP contribution in [0.5, 0.6) is 0 Å². The zero-order valence-electron chi connectivity index (χ0n) is 9.75. The van der Waals surface area contributed by atoms with Crippen molar-refractivity contribution in [3.63, 3.8) is 0 Å². The molecule has 0 saturated heterocycles. The fourth-order valence-corrected chi connectivity index (χ4v) is 1.59. The third kappa shape index (κ3) is 2.24. The van der Waals surface area contributed by atoms with E-state index in [1.165, 1.54) is 0 Å². The molecule has 0 aromatic carbocycles. The molecular weight excluding hydrogens is 204 g/mol. The van der Waals surface area contributed by atoms with E-state index >= 15 is 0 Å². The van der Waals surface area contributed by atoms with Gasteiger partial charge in [-0.3, -0.25) is 0 Å². The molecule has 2 rings (SSSR count). The summed E-state index contributed by atoms with van der Waals surface area (Å²) in [5.41, 5.74) is -0.135. The Morgan fingerprint density at radius 3 is 2.56 bits per heavy atom. The molecule has 1 saturated carbocycles. The molecule has 1 aromatic rings. The molecule has 5 nitrogen and oxygen atoms in total. The van der Waals surface area contributed by atoms with Gasteiger partial charge in [0.05, 0.1) is 12.1 Å². The Labute approximate surface area is 95.3 Å². The number of aromatic nitrogens is 2. The maximum atomic E-state index is 9.25. The van der Waals surface area contributed by atoms with Gasteiger partial charge in [-0.2, -0.15) is 0 Å². The van der Waals surface area contributed by atoms with Crippen LogP contribution in [0.15, 0.2) is 6.07 Å². The average molecular weight is 222 g/mol. The lowest BCUT2D eigenvalue weighted by atomic mass is 10.3. The number of aliphatic hydroxyl groups is 1. The van der Waals surface area contributed by atoms with Crippen LogP contribution in [-0.4, -0.2) is 34.3 Å². The van der Waals surface area contributed by atoms with E-state index in [2.05, 4.69) is 20.6 Å².